The number of anilines is 2. The Kier molecular flexibility index (Phi) is 10.7. The Morgan fingerprint density at radius 2 is 1.67 bits per heavy atom. The third-order valence-corrected chi connectivity index (χ3v) is 8.20. The topological polar surface area (TPSA) is 84.9 Å². The van der Waals surface area contributed by atoms with E-state index in [9.17, 15) is 32.3 Å². The van der Waals surface area contributed by atoms with Gasteiger partial charge in [-0.25, -0.2) is 8.78 Å². The van der Waals surface area contributed by atoms with Crippen LogP contribution in [0.3, 0.4) is 0 Å². The minimum atomic E-state index is -4.23. The van der Waals surface area contributed by atoms with Crippen LogP contribution in [0.1, 0.15) is 48.0 Å². The summed E-state index contributed by atoms with van der Waals surface area (Å²) in [6, 6.07) is 7.05. The molecule has 0 atom stereocenters. The van der Waals surface area contributed by atoms with E-state index in [1.165, 1.54) is 18.2 Å². The van der Waals surface area contributed by atoms with Crippen molar-refractivity contribution in [1.82, 2.24) is 10.2 Å². The number of hydrogen-bond donors (Lipinski definition) is 3. The number of piperazine rings is 1. The van der Waals surface area contributed by atoms with E-state index in [0.717, 1.165) is 18.9 Å². The molecule has 230 valence electrons. The average molecular weight is 617 g/mol. The smallest absolute Gasteiger partial charge is 0.390 e. The average Bonchev–Trinajstić information content (AvgIpc) is 2.97. The molecule has 13 heteroatoms. The molecule has 3 N–H and O–H groups in total. The Bertz CT molecular complexity index is 1260. The monoisotopic (exact) mass is 616 g/mol. The highest BCUT2D eigenvalue weighted by atomic mass is 35.5. The number of nitrogens with one attached hydrogen (secondary N) is 2. The fraction of sp³-hybridized carbons (Fsp3) is 0.517. The zero-order chi connectivity index (χ0) is 30.4. The number of carbonyl (C=O) groups is 2. The molecule has 2 aliphatic rings. The summed E-state index contributed by atoms with van der Waals surface area (Å²) in [4.78, 5) is 29.1. The van der Waals surface area contributed by atoms with Crippen LogP contribution >= 0.6 is 11.6 Å². The van der Waals surface area contributed by atoms with Crippen LogP contribution in [0.4, 0.5) is 33.3 Å². The van der Waals surface area contributed by atoms with E-state index < -0.39 is 35.7 Å². The summed E-state index contributed by atoms with van der Waals surface area (Å²) in [6.07, 6.45) is -2.43. The van der Waals surface area contributed by atoms with Crippen LogP contribution in [-0.4, -0.2) is 67.3 Å². The number of halogens is 6. The van der Waals surface area contributed by atoms with Crippen molar-refractivity contribution >= 4 is 34.8 Å². The molecule has 0 bridgehead atoms. The van der Waals surface area contributed by atoms with Gasteiger partial charge in [0.1, 0.15) is 0 Å². The molecule has 1 saturated carbocycles. The Morgan fingerprint density at radius 3 is 2.31 bits per heavy atom. The zero-order valence-corrected chi connectivity index (χ0v) is 23.7. The Hall–Kier alpha value is -2.96. The summed E-state index contributed by atoms with van der Waals surface area (Å²) in [5.74, 6) is -3.80. The van der Waals surface area contributed by atoms with Crippen LogP contribution in [0.15, 0.2) is 30.3 Å². The zero-order valence-electron chi connectivity index (χ0n) is 23.0. The van der Waals surface area contributed by atoms with Gasteiger partial charge in [0.05, 0.1) is 23.4 Å². The highest BCUT2D eigenvalue weighted by Gasteiger charge is 2.30. The van der Waals surface area contributed by atoms with E-state index in [-0.39, 0.29) is 43.0 Å². The summed E-state index contributed by atoms with van der Waals surface area (Å²) in [6.45, 7) is 1.26. The van der Waals surface area contributed by atoms with Crippen LogP contribution in [0, 0.1) is 23.5 Å². The molecule has 1 heterocycles. The van der Waals surface area contributed by atoms with Gasteiger partial charge in [0.25, 0.3) is 5.91 Å². The van der Waals surface area contributed by atoms with E-state index in [0.29, 0.717) is 55.4 Å². The normalized spacial score (nSPS) is 19.9. The SMILES string of the molecule is O=C(Nc1ccc(Cl)cc1N1CCN(CCC(F)(F)F)CC1)c1ccc(CNC(=O)[C@H]2CC[C@H](CO)CC2)c(F)c1F. The van der Waals surface area contributed by atoms with E-state index in [1.807, 2.05) is 4.90 Å². The number of carbonyl (C=O) groups excluding carboxylic acids is 2. The lowest BCUT2D eigenvalue weighted by molar-refractivity contribution is -0.138. The van der Waals surface area contributed by atoms with Gasteiger partial charge in [0.15, 0.2) is 11.6 Å². The van der Waals surface area contributed by atoms with Gasteiger partial charge in [0.2, 0.25) is 5.91 Å². The van der Waals surface area contributed by atoms with Crippen molar-refractivity contribution in [3.63, 3.8) is 0 Å². The number of aliphatic hydroxyl groups excluding tert-OH is 1. The number of nitrogens with zero attached hydrogens (tertiary/aromatic N) is 2. The second-order valence-electron chi connectivity index (χ2n) is 10.8. The highest BCUT2D eigenvalue weighted by molar-refractivity contribution is 6.31. The lowest BCUT2D eigenvalue weighted by Gasteiger charge is -2.37. The summed E-state index contributed by atoms with van der Waals surface area (Å²) >= 11 is 6.17. The third kappa shape index (κ3) is 8.32. The number of alkyl halides is 3. The van der Waals surface area contributed by atoms with Crippen molar-refractivity contribution in [2.45, 2.75) is 44.8 Å². The molecule has 2 aromatic rings. The summed E-state index contributed by atoms with van der Waals surface area (Å²) in [7, 11) is 0. The summed E-state index contributed by atoms with van der Waals surface area (Å²) in [5, 5.41) is 14.9. The van der Waals surface area contributed by atoms with Crippen LogP contribution in [0.25, 0.3) is 0 Å². The highest BCUT2D eigenvalue weighted by Crippen LogP contribution is 2.32. The summed E-state index contributed by atoms with van der Waals surface area (Å²) < 4.78 is 67.7. The second kappa shape index (κ2) is 14.0. The largest absolute Gasteiger partial charge is 0.396 e. The minimum Gasteiger partial charge on any atom is -0.396 e. The predicted octanol–water partition coefficient (Wildman–Crippen LogP) is 5.36. The molecular weight excluding hydrogens is 583 g/mol. The summed E-state index contributed by atoms with van der Waals surface area (Å²) in [5.41, 5.74) is 0.180. The first kappa shape index (κ1) is 32.0. The molecule has 1 aliphatic carbocycles. The van der Waals surface area contributed by atoms with Gasteiger partial charge in [-0.3, -0.25) is 14.5 Å². The molecule has 4 rings (SSSR count). The standard InChI is InChI=1S/C29H34ClF5N4O3/c30-21-6-8-23(24(15-21)39-13-11-38(12-14-39)10-9-29(33,34)35)37-28(42)22-7-5-20(25(31)26(22)32)16-36-27(41)19-3-1-18(17-40)2-4-19/h5-8,15,18-19,40H,1-4,9-14,16-17H2,(H,36,41)(H,37,42)/t18-,19-. The lowest BCUT2D eigenvalue weighted by atomic mass is 9.82. The van der Waals surface area contributed by atoms with Gasteiger partial charge < -0.3 is 20.6 Å². The molecule has 2 fully saturated rings. The van der Waals surface area contributed by atoms with Crippen LogP contribution in [0.2, 0.25) is 5.02 Å². The molecule has 0 aromatic heterocycles. The maximum Gasteiger partial charge on any atom is 0.390 e. The molecule has 1 aliphatic heterocycles. The molecule has 0 unspecified atom stereocenters. The second-order valence-corrected chi connectivity index (χ2v) is 11.3. The van der Waals surface area contributed by atoms with E-state index in [2.05, 4.69) is 10.6 Å². The molecule has 0 radical (unpaired) electrons. The molecule has 0 spiro atoms. The van der Waals surface area contributed by atoms with E-state index >= 15 is 4.39 Å². The molecule has 7 nitrogen and oxygen atoms in total. The lowest BCUT2D eigenvalue weighted by Crippen LogP contribution is -2.47. The van der Waals surface area contributed by atoms with Gasteiger partial charge in [-0.2, -0.15) is 13.2 Å². The molecule has 1 saturated heterocycles. The van der Waals surface area contributed by atoms with E-state index in [4.69, 9.17) is 11.6 Å². The molecule has 42 heavy (non-hydrogen) atoms. The minimum absolute atomic E-state index is 0.0867. The quantitative estimate of drug-likeness (QED) is 0.331. The fourth-order valence-corrected chi connectivity index (χ4v) is 5.56. The first-order valence-electron chi connectivity index (χ1n) is 14.0. The van der Waals surface area contributed by atoms with Gasteiger partial charge >= 0.3 is 6.18 Å². The first-order chi connectivity index (χ1) is 19.9. The van der Waals surface area contributed by atoms with Gasteiger partial charge in [-0.05, 0) is 55.9 Å². The Labute approximate surface area is 246 Å². The van der Waals surface area contributed by atoms with Gasteiger partial charge in [-0.1, -0.05) is 17.7 Å². The third-order valence-electron chi connectivity index (χ3n) is 7.97. The van der Waals surface area contributed by atoms with Gasteiger partial charge in [-0.15, -0.1) is 0 Å². The maximum atomic E-state index is 15.0. The van der Waals surface area contributed by atoms with Crippen molar-refractivity contribution in [2.75, 3.05) is 49.5 Å². The van der Waals surface area contributed by atoms with Crippen LogP contribution in [-0.2, 0) is 11.3 Å². The van der Waals surface area contributed by atoms with Crippen molar-refractivity contribution in [2.24, 2.45) is 11.8 Å². The van der Waals surface area contributed by atoms with Crippen molar-refractivity contribution in [3.05, 3.63) is 58.1 Å². The Morgan fingerprint density at radius 1 is 0.976 bits per heavy atom. The predicted molar refractivity (Wildman–Crippen MR) is 149 cm³/mol. The van der Waals surface area contributed by atoms with Gasteiger partial charge in [0, 0.05) is 62.4 Å². The Balaban J connectivity index is 1.38. The number of amides is 2. The first-order valence-corrected chi connectivity index (χ1v) is 14.3. The number of benzene rings is 2. The van der Waals surface area contributed by atoms with Crippen molar-refractivity contribution in [1.29, 1.82) is 0 Å². The molecule has 2 amide bonds. The van der Waals surface area contributed by atoms with Crippen LogP contribution in [0.5, 0.6) is 0 Å². The molecule has 2 aromatic carbocycles. The van der Waals surface area contributed by atoms with E-state index in [1.54, 1.807) is 11.0 Å². The molecular formula is C29H34ClF5N4O3. The van der Waals surface area contributed by atoms with Crippen molar-refractivity contribution in [3.8, 4) is 0 Å². The fourth-order valence-electron chi connectivity index (χ4n) is 5.39. The van der Waals surface area contributed by atoms with Crippen LogP contribution < -0.4 is 15.5 Å². The maximum absolute atomic E-state index is 15.0. The van der Waals surface area contributed by atoms with Crippen molar-refractivity contribution < 1.29 is 36.6 Å². The number of rotatable bonds is 9. The number of aliphatic hydroxyl groups is 1. The number of hydrogen-bond acceptors (Lipinski definition) is 5.